The lowest BCUT2D eigenvalue weighted by Gasteiger charge is -2.44. The van der Waals surface area contributed by atoms with Crippen LogP contribution in [0, 0.1) is 5.41 Å². The molecule has 28 heavy (non-hydrogen) atoms. The number of nitrogens with two attached hydrogens (primary N) is 1. The van der Waals surface area contributed by atoms with Crippen LogP contribution in [0.15, 0.2) is 29.2 Å². The number of likely N-dealkylation sites (tertiary alicyclic amines) is 1. The first kappa shape index (κ1) is 20.8. The number of carbonyl (C=O) groups excluding carboxylic acids is 1. The molecule has 0 spiro atoms. The van der Waals surface area contributed by atoms with E-state index >= 15 is 0 Å². The molecule has 2 aliphatic rings. The maximum atomic E-state index is 12.1. The fourth-order valence-electron chi connectivity index (χ4n) is 3.50. The number of rotatable bonds is 3. The summed E-state index contributed by atoms with van der Waals surface area (Å²) in [5.74, 6) is 0. The van der Waals surface area contributed by atoms with Crippen LogP contribution in [-0.4, -0.2) is 61.7 Å². The minimum absolute atomic E-state index is 0.0366. The Morgan fingerprint density at radius 1 is 1.25 bits per heavy atom. The molecule has 0 aromatic heterocycles. The predicted octanol–water partition coefficient (Wildman–Crippen LogP) is 1.97. The highest BCUT2D eigenvalue weighted by atomic mass is 32.2. The lowest BCUT2D eigenvalue weighted by Crippen LogP contribution is -2.55. The number of benzene rings is 1. The summed E-state index contributed by atoms with van der Waals surface area (Å²) in [5, 5.41) is 8.80. The van der Waals surface area contributed by atoms with E-state index in [0.717, 1.165) is 25.9 Å². The highest BCUT2D eigenvalue weighted by Gasteiger charge is 2.38. The summed E-state index contributed by atoms with van der Waals surface area (Å²) >= 11 is 5.48. The first-order chi connectivity index (χ1) is 13.0. The van der Waals surface area contributed by atoms with Gasteiger partial charge in [-0.2, -0.15) is 0 Å². The van der Waals surface area contributed by atoms with Crippen LogP contribution in [0.3, 0.4) is 0 Å². The molecule has 1 aromatic carbocycles. The maximum Gasteiger partial charge on any atom is 0.410 e. The second-order valence-corrected chi connectivity index (χ2v) is 10.0. The number of hydrogen-bond donors (Lipinski definition) is 2. The molecule has 1 amide bonds. The molecule has 2 fully saturated rings. The largest absolute Gasteiger partial charge is 0.449 e. The Balaban J connectivity index is 1.54. The van der Waals surface area contributed by atoms with Gasteiger partial charge in [0.05, 0.1) is 11.5 Å². The first-order valence-corrected chi connectivity index (χ1v) is 11.1. The average Bonchev–Trinajstić information content (AvgIpc) is 2.63. The summed E-state index contributed by atoms with van der Waals surface area (Å²) in [7, 11) is -3.71. The Hall–Kier alpha value is -1.91. The zero-order valence-corrected chi connectivity index (χ0v) is 17.7. The van der Waals surface area contributed by atoms with E-state index in [2.05, 4.69) is 24.1 Å². The standard InChI is InChI=1S/C18H26N4O4S2/c1-18(2)11-22(17(23)26-12-18)14-7-9-21(10-8-14)16(27)20-13-3-5-15(6-4-13)28(19,24)25/h3-6,14H,7-12H2,1-2H3,(H,20,27)(H2,19,24,25). The molecular weight excluding hydrogens is 400 g/mol. The smallest absolute Gasteiger partial charge is 0.410 e. The van der Waals surface area contributed by atoms with E-state index in [9.17, 15) is 13.2 Å². The van der Waals surface area contributed by atoms with Gasteiger partial charge in [0, 0.05) is 36.8 Å². The minimum atomic E-state index is -3.71. The number of piperidine rings is 1. The quantitative estimate of drug-likeness (QED) is 0.712. The van der Waals surface area contributed by atoms with Crippen molar-refractivity contribution in [2.75, 3.05) is 31.6 Å². The number of nitrogens with one attached hydrogen (secondary N) is 1. The number of anilines is 1. The molecule has 0 radical (unpaired) electrons. The van der Waals surface area contributed by atoms with E-state index in [0.29, 0.717) is 24.0 Å². The van der Waals surface area contributed by atoms with Crippen LogP contribution in [0.25, 0.3) is 0 Å². The van der Waals surface area contributed by atoms with Crippen molar-refractivity contribution in [3.63, 3.8) is 0 Å². The molecule has 0 aliphatic carbocycles. The van der Waals surface area contributed by atoms with Gasteiger partial charge in [0.1, 0.15) is 0 Å². The van der Waals surface area contributed by atoms with Crippen LogP contribution in [0.4, 0.5) is 10.5 Å². The van der Waals surface area contributed by atoms with Crippen LogP contribution in [0.1, 0.15) is 26.7 Å². The van der Waals surface area contributed by atoms with Crippen LogP contribution in [0.5, 0.6) is 0 Å². The van der Waals surface area contributed by atoms with Crippen LogP contribution in [-0.2, 0) is 14.8 Å². The summed E-state index contributed by atoms with van der Waals surface area (Å²) in [4.78, 5) is 16.1. The minimum Gasteiger partial charge on any atom is -0.449 e. The molecule has 0 bridgehead atoms. The number of ether oxygens (including phenoxy) is 1. The van der Waals surface area contributed by atoms with E-state index in [1.807, 2.05) is 4.90 Å². The maximum absolute atomic E-state index is 12.1. The normalized spacial score (nSPS) is 20.6. The molecule has 2 aliphatic heterocycles. The van der Waals surface area contributed by atoms with E-state index in [1.54, 1.807) is 12.1 Å². The number of sulfonamides is 1. The van der Waals surface area contributed by atoms with Gasteiger partial charge in [-0.05, 0) is 49.3 Å². The summed E-state index contributed by atoms with van der Waals surface area (Å²) in [6, 6.07) is 6.29. The van der Waals surface area contributed by atoms with Gasteiger partial charge in [-0.3, -0.25) is 0 Å². The third-order valence-electron chi connectivity index (χ3n) is 5.05. The van der Waals surface area contributed by atoms with Gasteiger partial charge in [0.15, 0.2) is 5.11 Å². The Morgan fingerprint density at radius 3 is 2.43 bits per heavy atom. The van der Waals surface area contributed by atoms with Crippen molar-refractivity contribution in [1.82, 2.24) is 9.80 Å². The first-order valence-electron chi connectivity index (χ1n) is 9.17. The molecule has 0 saturated carbocycles. The van der Waals surface area contributed by atoms with Gasteiger partial charge in [-0.15, -0.1) is 0 Å². The molecule has 0 atom stereocenters. The molecular formula is C18H26N4O4S2. The topological polar surface area (TPSA) is 105 Å². The number of amides is 1. The second kappa shape index (κ2) is 7.84. The van der Waals surface area contributed by atoms with Crippen molar-refractivity contribution in [2.45, 2.75) is 37.6 Å². The van der Waals surface area contributed by atoms with Crippen molar-refractivity contribution in [1.29, 1.82) is 0 Å². The Bertz CT molecular complexity index is 847. The third-order valence-corrected chi connectivity index (χ3v) is 6.34. The predicted molar refractivity (Wildman–Crippen MR) is 110 cm³/mol. The van der Waals surface area contributed by atoms with Crippen LogP contribution < -0.4 is 10.5 Å². The van der Waals surface area contributed by atoms with E-state index in [1.165, 1.54) is 12.1 Å². The van der Waals surface area contributed by atoms with Crippen molar-refractivity contribution >= 4 is 39.1 Å². The zero-order valence-electron chi connectivity index (χ0n) is 16.1. The zero-order chi connectivity index (χ0) is 20.5. The van der Waals surface area contributed by atoms with Gasteiger partial charge in [-0.1, -0.05) is 13.8 Å². The lowest BCUT2D eigenvalue weighted by atomic mass is 9.91. The van der Waals surface area contributed by atoms with Gasteiger partial charge < -0.3 is 19.9 Å². The van der Waals surface area contributed by atoms with Gasteiger partial charge in [-0.25, -0.2) is 18.4 Å². The number of primary sulfonamides is 1. The van der Waals surface area contributed by atoms with Gasteiger partial charge in [0.25, 0.3) is 0 Å². The summed E-state index contributed by atoms with van der Waals surface area (Å²) in [6.07, 6.45) is 1.41. The molecule has 154 valence electrons. The van der Waals surface area contributed by atoms with Crippen LogP contribution >= 0.6 is 12.2 Å². The number of hydrogen-bond acceptors (Lipinski definition) is 5. The SMILES string of the molecule is CC1(C)COC(=O)N(C2CCN(C(=S)Nc3ccc(S(N)(=O)=O)cc3)CC2)C1. The monoisotopic (exact) mass is 426 g/mol. The second-order valence-electron chi connectivity index (χ2n) is 8.06. The molecule has 8 nitrogen and oxygen atoms in total. The Labute approximate surface area is 171 Å². The van der Waals surface area contributed by atoms with E-state index in [-0.39, 0.29) is 22.4 Å². The Morgan fingerprint density at radius 2 is 1.86 bits per heavy atom. The van der Waals surface area contributed by atoms with Gasteiger partial charge in [0.2, 0.25) is 10.0 Å². The number of carbonyl (C=O) groups is 1. The summed E-state index contributed by atoms with van der Waals surface area (Å²) < 4.78 is 28.0. The van der Waals surface area contributed by atoms with Crippen LogP contribution in [0.2, 0.25) is 0 Å². The average molecular weight is 427 g/mol. The molecule has 1 aromatic rings. The Kier molecular flexibility index (Phi) is 5.83. The van der Waals surface area contributed by atoms with Crippen molar-refractivity contribution in [2.24, 2.45) is 10.6 Å². The van der Waals surface area contributed by atoms with Crippen molar-refractivity contribution in [3.05, 3.63) is 24.3 Å². The molecule has 2 heterocycles. The molecule has 3 N–H and O–H groups in total. The number of thiocarbonyl (C=S) groups is 1. The fraction of sp³-hybridized carbons (Fsp3) is 0.556. The summed E-state index contributed by atoms with van der Waals surface area (Å²) in [6.45, 7) is 6.82. The molecule has 2 saturated heterocycles. The third kappa shape index (κ3) is 4.92. The number of cyclic esters (lactones) is 1. The molecule has 0 unspecified atom stereocenters. The van der Waals surface area contributed by atoms with Crippen molar-refractivity contribution in [3.8, 4) is 0 Å². The number of nitrogens with zero attached hydrogens (tertiary/aromatic N) is 2. The molecule has 10 heteroatoms. The van der Waals surface area contributed by atoms with Crippen molar-refractivity contribution < 1.29 is 17.9 Å². The van der Waals surface area contributed by atoms with Gasteiger partial charge >= 0.3 is 6.09 Å². The summed E-state index contributed by atoms with van der Waals surface area (Å²) in [5.41, 5.74) is 0.659. The fourth-order valence-corrected chi connectivity index (χ4v) is 4.32. The highest BCUT2D eigenvalue weighted by Crippen LogP contribution is 2.28. The molecule has 3 rings (SSSR count). The van der Waals surface area contributed by atoms with E-state index < -0.39 is 10.0 Å². The highest BCUT2D eigenvalue weighted by molar-refractivity contribution is 7.89. The van der Waals surface area contributed by atoms with E-state index in [4.69, 9.17) is 22.1 Å². The lowest BCUT2D eigenvalue weighted by molar-refractivity contribution is -0.0133.